The molecule has 1 amide bonds. The van der Waals surface area contributed by atoms with Crippen molar-refractivity contribution in [3.8, 4) is 28.6 Å². The lowest BCUT2D eigenvalue weighted by atomic mass is 10.1. The number of benzene rings is 2. The lowest BCUT2D eigenvalue weighted by molar-refractivity contribution is -0.123. The predicted molar refractivity (Wildman–Crippen MR) is 126 cm³/mol. The summed E-state index contributed by atoms with van der Waals surface area (Å²) in [6.07, 6.45) is 2.57. The molecule has 0 aliphatic carbocycles. The first kappa shape index (κ1) is 23.2. The summed E-state index contributed by atoms with van der Waals surface area (Å²) in [5.41, 5.74) is 2.86. The first-order chi connectivity index (χ1) is 16.5. The number of aliphatic hydroxyl groups is 1. The Morgan fingerprint density at radius 3 is 2.76 bits per heavy atom. The number of rotatable bonds is 9. The predicted octanol–water partition coefficient (Wildman–Crippen LogP) is 3.28. The van der Waals surface area contributed by atoms with Crippen LogP contribution in [0.3, 0.4) is 0 Å². The fourth-order valence-electron chi connectivity index (χ4n) is 3.61. The van der Waals surface area contributed by atoms with Crippen LogP contribution in [0.2, 0.25) is 0 Å². The molecule has 2 heterocycles. The van der Waals surface area contributed by atoms with Crippen LogP contribution in [0.25, 0.3) is 28.1 Å². The molecule has 0 spiro atoms. The van der Waals surface area contributed by atoms with Crippen LogP contribution in [0.15, 0.2) is 54.7 Å². The molecule has 176 valence electrons. The highest BCUT2D eigenvalue weighted by atomic mass is 19.1. The van der Waals surface area contributed by atoms with Crippen LogP contribution in [0.4, 0.5) is 4.39 Å². The maximum atomic E-state index is 14.3. The van der Waals surface area contributed by atoms with Crippen LogP contribution in [-0.4, -0.2) is 52.4 Å². The maximum Gasteiger partial charge on any atom is 0.258 e. The van der Waals surface area contributed by atoms with E-state index in [2.05, 4.69) is 10.3 Å². The number of aryl methyl sites for hydroxylation is 1. The molecule has 4 aromatic rings. The molecule has 0 unspecified atom stereocenters. The van der Waals surface area contributed by atoms with E-state index in [0.29, 0.717) is 29.2 Å². The number of ether oxygens (including phenoxy) is 2. The molecule has 0 saturated heterocycles. The third-order valence-electron chi connectivity index (χ3n) is 5.27. The second kappa shape index (κ2) is 10.3. The van der Waals surface area contributed by atoms with E-state index in [1.54, 1.807) is 24.3 Å². The van der Waals surface area contributed by atoms with Gasteiger partial charge in [0.1, 0.15) is 11.4 Å². The van der Waals surface area contributed by atoms with Crippen molar-refractivity contribution in [1.82, 2.24) is 19.9 Å². The molecule has 0 radical (unpaired) electrons. The van der Waals surface area contributed by atoms with E-state index >= 15 is 0 Å². The summed E-state index contributed by atoms with van der Waals surface area (Å²) in [7, 11) is 1.42. The Kier molecular flexibility index (Phi) is 7.03. The fraction of sp³-hybridized carbons (Fsp3) is 0.240. The minimum Gasteiger partial charge on any atom is -0.494 e. The highest BCUT2D eigenvalue weighted by molar-refractivity contribution is 5.83. The molecule has 0 aliphatic heterocycles. The zero-order valence-corrected chi connectivity index (χ0v) is 18.9. The largest absolute Gasteiger partial charge is 0.494 e. The first-order valence-corrected chi connectivity index (χ1v) is 10.9. The number of nitrogens with one attached hydrogen (secondary N) is 1. The van der Waals surface area contributed by atoms with Gasteiger partial charge in [0.05, 0.1) is 25.1 Å². The van der Waals surface area contributed by atoms with Gasteiger partial charge < -0.3 is 24.5 Å². The zero-order chi connectivity index (χ0) is 24.1. The molecular formula is C25H25FN4O4. The topological polar surface area (TPSA) is 98.5 Å². The number of amides is 1. The molecule has 0 bridgehead atoms. The van der Waals surface area contributed by atoms with Gasteiger partial charge in [-0.2, -0.15) is 0 Å². The zero-order valence-electron chi connectivity index (χ0n) is 18.9. The van der Waals surface area contributed by atoms with Crippen LogP contribution in [-0.2, 0) is 11.2 Å². The second-order valence-corrected chi connectivity index (χ2v) is 7.48. The van der Waals surface area contributed by atoms with E-state index in [1.807, 2.05) is 35.9 Å². The average molecular weight is 464 g/mol. The fourth-order valence-corrected chi connectivity index (χ4v) is 3.61. The SMILES string of the molecule is CCc1nc(-c2ccc(OC)c(F)c2)nc2c1ccn2-c1cccc(OCC(=O)NCCO)c1. The molecule has 0 atom stereocenters. The third kappa shape index (κ3) is 4.84. The minimum atomic E-state index is -0.481. The molecule has 2 aromatic carbocycles. The quantitative estimate of drug-likeness (QED) is 0.395. The van der Waals surface area contributed by atoms with Crippen LogP contribution in [0, 0.1) is 5.82 Å². The van der Waals surface area contributed by atoms with E-state index in [0.717, 1.165) is 16.8 Å². The number of fused-ring (bicyclic) bond motifs is 1. The third-order valence-corrected chi connectivity index (χ3v) is 5.27. The molecule has 34 heavy (non-hydrogen) atoms. The normalized spacial score (nSPS) is 10.9. The number of carbonyl (C=O) groups is 1. The minimum absolute atomic E-state index is 0.130. The molecular weight excluding hydrogens is 439 g/mol. The highest BCUT2D eigenvalue weighted by Gasteiger charge is 2.15. The van der Waals surface area contributed by atoms with Crippen molar-refractivity contribution in [1.29, 1.82) is 0 Å². The molecule has 2 aromatic heterocycles. The van der Waals surface area contributed by atoms with Crippen molar-refractivity contribution in [2.24, 2.45) is 0 Å². The second-order valence-electron chi connectivity index (χ2n) is 7.48. The summed E-state index contributed by atoms with van der Waals surface area (Å²) in [5, 5.41) is 12.2. The molecule has 8 nitrogen and oxygen atoms in total. The van der Waals surface area contributed by atoms with Crippen molar-refractivity contribution in [3.05, 3.63) is 66.2 Å². The Bertz CT molecular complexity index is 1320. The van der Waals surface area contributed by atoms with Crippen LogP contribution in [0.5, 0.6) is 11.5 Å². The van der Waals surface area contributed by atoms with E-state index in [1.165, 1.54) is 13.2 Å². The summed E-state index contributed by atoms with van der Waals surface area (Å²) in [6.45, 7) is 1.89. The van der Waals surface area contributed by atoms with Crippen LogP contribution in [0.1, 0.15) is 12.6 Å². The van der Waals surface area contributed by atoms with Gasteiger partial charge in [-0.25, -0.2) is 14.4 Å². The highest BCUT2D eigenvalue weighted by Crippen LogP contribution is 2.28. The number of methoxy groups -OCH3 is 1. The molecule has 2 N–H and O–H groups in total. The Hall–Kier alpha value is -3.98. The van der Waals surface area contributed by atoms with Crippen molar-refractivity contribution in [2.45, 2.75) is 13.3 Å². The lowest BCUT2D eigenvalue weighted by Gasteiger charge is -2.11. The molecule has 0 fully saturated rings. The molecule has 9 heteroatoms. The van der Waals surface area contributed by atoms with Crippen molar-refractivity contribution in [2.75, 3.05) is 26.9 Å². The van der Waals surface area contributed by atoms with Crippen molar-refractivity contribution >= 4 is 16.9 Å². The number of halogens is 1. The van der Waals surface area contributed by atoms with Gasteiger partial charge in [0.15, 0.2) is 24.0 Å². The van der Waals surface area contributed by atoms with Gasteiger partial charge >= 0.3 is 0 Å². The van der Waals surface area contributed by atoms with Crippen molar-refractivity contribution < 1.29 is 23.8 Å². The number of aromatic nitrogens is 3. The number of nitrogens with zero attached hydrogens (tertiary/aromatic N) is 3. The van der Waals surface area contributed by atoms with E-state index < -0.39 is 5.82 Å². The Balaban J connectivity index is 1.69. The van der Waals surface area contributed by atoms with Gasteiger partial charge in [0.25, 0.3) is 5.91 Å². The summed E-state index contributed by atoms with van der Waals surface area (Å²) in [4.78, 5) is 21.2. The Morgan fingerprint density at radius 1 is 1.18 bits per heavy atom. The summed E-state index contributed by atoms with van der Waals surface area (Å²) < 4.78 is 26.8. The number of carbonyl (C=O) groups excluding carboxylic acids is 1. The Labute approximate surface area is 196 Å². The van der Waals surface area contributed by atoms with Gasteiger partial charge in [-0.1, -0.05) is 13.0 Å². The van der Waals surface area contributed by atoms with Crippen LogP contribution >= 0.6 is 0 Å². The monoisotopic (exact) mass is 464 g/mol. The number of hydrogen-bond acceptors (Lipinski definition) is 6. The Morgan fingerprint density at radius 2 is 2.03 bits per heavy atom. The molecule has 0 aliphatic rings. The van der Waals surface area contributed by atoms with Crippen LogP contribution < -0.4 is 14.8 Å². The van der Waals surface area contributed by atoms with Gasteiger partial charge in [0.2, 0.25) is 0 Å². The summed E-state index contributed by atoms with van der Waals surface area (Å²) in [6, 6.07) is 13.9. The molecule has 0 saturated carbocycles. The van der Waals surface area contributed by atoms with E-state index in [9.17, 15) is 9.18 Å². The summed E-state index contributed by atoms with van der Waals surface area (Å²) in [5.74, 6) is 0.290. The number of hydrogen-bond donors (Lipinski definition) is 2. The number of aliphatic hydroxyl groups excluding tert-OH is 1. The summed E-state index contributed by atoms with van der Waals surface area (Å²) >= 11 is 0. The van der Waals surface area contributed by atoms with Gasteiger partial charge in [-0.3, -0.25) is 4.79 Å². The van der Waals surface area contributed by atoms with Crippen molar-refractivity contribution in [3.63, 3.8) is 0 Å². The molecule has 4 rings (SSSR count). The van der Waals surface area contributed by atoms with Gasteiger partial charge in [0, 0.05) is 29.8 Å². The van der Waals surface area contributed by atoms with E-state index in [-0.39, 0.29) is 31.4 Å². The van der Waals surface area contributed by atoms with Gasteiger partial charge in [-0.05, 0) is 42.8 Å². The lowest BCUT2D eigenvalue weighted by Crippen LogP contribution is -2.31. The maximum absolute atomic E-state index is 14.3. The average Bonchev–Trinajstić information content (AvgIpc) is 3.30. The smallest absolute Gasteiger partial charge is 0.258 e. The van der Waals surface area contributed by atoms with Gasteiger partial charge in [-0.15, -0.1) is 0 Å². The standard InChI is InChI=1S/C25H25FN4O4/c1-3-21-19-9-11-30(17-5-4-6-18(14-17)34-15-23(32)27-10-12-31)25(19)29-24(28-21)16-7-8-22(33-2)20(26)13-16/h4-9,11,13-14,31H,3,10,12,15H2,1-2H3,(H,27,32). The van der Waals surface area contributed by atoms with E-state index in [4.69, 9.17) is 19.6 Å². The first-order valence-electron chi connectivity index (χ1n) is 10.9.